The van der Waals surface area contributed by atoms with Crippen LogP contribution in [0.1, 0.15) is 45.0 Å². The van der Waals surface area contributed by atoms with E-state index in [1.807, 2.05) is 267 Å². The third-order valence-corrected chi connectivity index (χ3v) is 15.6. The van der Waals surface area contributed by atoms with Crippen LogP contribution >= 0.6 is 0 Å². The zero-order valence-corrected chi connectivity index (χ0v) is 53.3. The number of fused-ring (bicyclic) bond motifs is 8. The Hall–Kier alpha value is -11.9. The molecule has 8 aromatic carbocycles. The number of amides is 8. The van der Waals surface area contributed by atoms with E-state index in [0.29, 0.717) is 138 Å². The molecule has 0 radical (unpaired) electrons. The number of nitrogens with one attached hydrogen (secondary N) is 8. The molecule has 5 heterocycles. The molecule has 2 aliphatic rings. The summed E-state index contributed by atoms with van der Waals surface area (Å²) in [4.78, 5) is 77.8. The first-order chi connectivity index (χ1) is 45.2. The van der Waals surface area contributed by atoms with Crippen LogP contribution in [0.15, 0.2) is 243 Å². The van der Waals surface area contributed by atoms with E-state index in [1.54, 1.807) is 0 Å². The molecule has 17 heteroatoms. The minimum atomic E-state index is -0.417. The molecule has 2 aliphatic heterocycles. The van der Waals surface area contributed by atoms with Gasteiger partial charge in [-0.25, -0.2) is 29.1 Å². The molecule has 0 saturated heterocycles. The van der Waals surface area contributed by atoms with Crippen LogP contribution in [0.4, 0.5) is 41.9 Å². The second-order valence-corrected chi connectivity index (χ2v) is 21.7. The van der Waals surface area contributed by atoms with Crippen molar-refractivity contribution in [3.05, 3.63) is 288 Å². The molecular weight excluding hydrogens is 1210 g/mol. The summed E-state index contributed by atoms with van der Waals surface area (Å²) in [6.45, 7) is 1.18. The van der Waals surface area contributed by atoms with Crippen molar-refractivity contribution in [2.24, 2.45) is 0 Å². The predicted octanol–water partition coefficient (Wildman–Crippen LogP) is 15.9. The Morgan fingerprint density at radius 3 is 0.699 bits per heavy atom. The number of carbonyl (C=O) groups is 4. The first kappa shape index (κ1) is 61.3. The molecule has 3 aromatic heterocycles. The van der Waals surface area contributed by atoms with Crippen molar-refractivity contribution in [3.63, 3.8) is 0 Å². The Kier molecular flexibility index (Phi) is 18.9. The van der Waals surface area contributed by atoms with Gasteiger partial charge < -0.3 is 52.5 Å². The van der Waals surface area contributed by atoms with E-state index in [-0.39, 0.29) is 19.5 Å². The van der Waals surface area contributed by atoms with Gasteiger partial charge >= 0.3 is 43.6 Å². The van der Waals surface area contributed by atoms with Gasteiger partial charge in [0.25, 0.3) is 0 Å². The fourth-order valence-corrected chi connectivity index (χ4v) is 11.2. The van der Waals surface area contributed by atoms with Crippen molar-refractivity contribution < 1.29 is 38.7 Å². The van der Waals surface area contributed by atoms with Gasteiger partial charge in [-0.05, 0) is 93.1 Å². The van der Waals surface area contributed by atoms with Crippen LogP contribution in [-0.4, -0.2) is 34.1 Å². The summed E-state index contributed by atoms with van der Waals surface area (Å²) in [5.41, 5.74) is 14.6. The number of anilines is 4. The van der Waals surface area contributed by atoms with E-state index in [2.05, 4.69) is 42.5 Å². The van der Waals surface area contributed by atoms with Crippen molar-refractivity contribution in [3.8, 4) is 44.5 Å². The van der Waals surface area contributed by atoms with Crippen LogP contribution in [0, 0.1) is 0 Å². The molecule has 450 valence electrons. The van der Waals surface area contributed by atoms with Crippen LogP contribution in [0.5, 0.6) is 0 Å². The number of carbonyl (C=O) groups excluding carboxylic acids is 4. The molecule has 8 N–H and O–H groups in total. The Bertz CT molecular complexity index is 4210. The topological polar surface area (TPSA) is 218 Å². The Balaban J connectivity index is 0.00000832. The van der Waals surface area contributed by atoms with E-state index in [9.17, 15) is 19.2 Å². The van der Waals surface area contributed by atoms with Crippen LogP contribution in [0.2, 0.25) is 0 Å². The molecule has 0 spiro atoms. The molecular formula is C76H60N12O4Zn. The maximum absolute atomic E-state index is 14.0. The number of para-hydroxylation sites is 4. The van der Waals surface area contributed by atoms with Gasteiger partial charge in [-0.1, -0.05) is 218 Å². The molecule has 13 rings (SSSR count). The number of nitrogens with zero attached hydrogens (tertiary/aromatic N) is 4. The Morgan fingerprint density at radius 1 is 0.269 bits per heavy atom. The third kappa shape index (κ3) is 14.4. The van der Waals surface area contributed by atoms with Crippen molar-refractivity contribution in [2.45, 2.75) is 26.2 Å². The van der Waals surface area contributed by atoms with E-state index >= 15 is 0 Å². The number of hydrogen-bond donors (Lipinski definition) is 8. The van der Waals surface area contributed by atoms with Gasteiger partial charge in [-0.2, -0.15) is 0 Å². The predicted molar refractivity (Wildman–Crippen MR) is 368 cm³/mol. The molecule has 0 aliphatic carbocycles. The molecule has 8 bridgehead atoms. The summed E-state index contributed by atoms with van der Waals surface area (Å²) in [7, 11) is 0. The third-order valence-electron chi connectivity index (χ3n) is 15.6. The summed E-state index contributed by atoms with van der Waals surface area (Å²) in [5, 5.41) is 24.6. The molecule has 11 aromatic rings. The quantitative estimate of drug-likeness (QED) is 0.0434. The molecule has 0 atom stereocenters. The largest absolute Gasteiger partial charge is 2.00 e. The van der Waals surface area contributed by atoms with Gasteiger partial charge in [0.1, 0.15) is 0 Å². The fraction of sp³-hybridized carbons (Fsp3) is 0.0526. The first-order valence-corrected chi connectivity index (χ1v) is 30.0. The second-order valence-electron chi connectivity index (χ2n) is 21.7. The first-order valence-electron chi connectivity index (χ1n) is 30.0. The number of hydrogen-bond acceptors (Lipinski definition) is 6. The maximum Gasteiger partial charge on any atom is 2.00 e. The van der Waals surface area contributed by atoms with Gasteiger partial charge in [-0.3, -0.25) is 0 Å². The molecule has 8 amide bonds. The SMILES string of the molecule is O=C(NCc1ccccc1)Nc1ccccc1-c1c2nc(c(-c3ccccc3NC(=O)NCc3ccccc3)c3ccc([n-]3)c(-c3ccccc3NC(=O)NCc3ccccc3)c3nc(c(-c4ccccc4NC(=O)NCc4ccccc4)c4ccc1[n-]4)C=C3)C=C2.[Zn+2]. The number of aromatic nitrogens is 4. The van der Waals surface area contributed by atoms with Crippen molar-refractivity contribution in [1.82, 2.24) is 41.2 Å². The Morgan fingerprint density at radius 2 is 0.473 bits per heavy atom. The van der Waals surface area contributed by atoms with Gasteiger partial charge in [0, 0.05) is 48.4 Å². The zero-order valence-electron chi connectivity index (χ0n) is 50.4. The standard InChI is InChI=1S/C76H62N12O4.Zn/c89-73(77-45-49-21-5-1-6-22-49)85-57-33-17-13-29-53(57)69-61-37-39-63(81-61)70(54-30-14-18-34-58(54)86-74(90)78-46-50-23-7-2-8-24-50)65-41-43-67(83-65)72(56-32-16-20-36-60(56)88-76(92)80-48-52-27-11-4-12-28-52)68-44-42-66(84-68)71(64-40-38-62(69)82-64)55-31-15-19-35-59(55)87-75(91)79-47-51-25-9-3-10-26-51;/h1-44H,45-48H2,(H10,77,78,79,80,81,82,83,84,85,86,87,88,89,90,91,92);/q;+2/p-2. The van der Waals surface area contributed by atoms with E-state index in [4.69, 9.17) is 19.9 Å². The summed E-state index contributed by atoms with van der Waals surface area (Å²) >= 11 is 0. The summed E-state index contributed by atoms with van der Waals surface area (Å²) < 4.78 is 0. The van der Waals surface area contributed by atoms with Crippen LogP contribution in [0.25, 0.3) is 90.9 Å². The normalized spacial score (nSPS) is 11.2. The minimum Gasteiger partial charge on any atom is -0.657 e. The summed E-state index contributed by atoms with van der Waals surface area (Å²) in [6.07, 6.45) is 7.67. The average molecular weight is 1270 g/mol. The van der Waals surface area contributed by atoms with Gasteiger partial charge in [0.05, 0.1) is 45.5 Å². The monoisotopic (exact) mass is 1270 g/mol. The molecule has 16 nitrogen and oxygen atoms in total. The molecule has 0 saturated carbocycles. The van der Waals surface area contributed by atoms with Crippen LogP contribution < -0.4 is 52.5 Å². The molecule has 0 unspecified atom stereocenters. The fourth-order valence-electron chi connectivity index (χ4n) is 11.2. The maximum atomic E-state index is 14.0. The van der Waals surface area contributed by atoms with Crippen molar-refractivity contribution in [1.29, 1.82) is 0 Å². The number of rotatable bonds is 16. The van der Waals surface area contributed by atoms with Gasteiger partial charge in [0.2, 0.25) is 0 Å². The second kappa shape index (κ2) is 28.7. The number of benzene rings is 8. The smallest absolute Gasteiger partial charge is 0.657 e. The molecule has 0 fully saturated rings. The average Bonchev–Trinajstić information content (AvgIpc) is 1.65. The van der Waals surface area contributed by atoms with E-state index in [0.717, 1.165) is 22.3 Å². The molecule has 93 heavy (non-hydrogen) atoms. The summed E-state index contributed by atoms with van der Waals surface area (Å²) in [6, 6.07) is 74.8. The number of urea groups is 4. The van der Waals surface area contributed by atoms with E-state index < -0.39 is 24.1 Å². The van der Waals surface area contributed by atoms with Crippen molar-refractivity contribution in [2.75, 3.05) is 21.3 Å². The Labute approximate surface area is 549 Å². The van der Waals surface area contributed by atoms with Crippen molar-refractivity contribution >= 4 is 93.2 Å². The minimum absolute atomic E-state index is 0. The van der Waals surface area contributed by atoms with E-state index in [1.165, 1.54) is 0 Å². The van der Waals surface area contributed by atoms with Gasteiger partial charge in [-0.15, -0.1) is 22.1 Å². The summed E-state index contributed by atoms with van der Waals surface area (Å²) in [5.74, 6) is 0. The zero-order chi connectivity index (χ0) is 62.6. The van der Waals surface area contributed by atoms with Crippen LogP contribution in [-0.2, 0) is 45.7 Å². The van der Waals surface area contributed by atoms with Gasteiger partial charge in [0.15, 0.2) is 0 Å². The van der Waals surface area contributed by atoms with Crippen LogP contribution in [0.3, 0.4) is 0 Å².